The molecule has 1 aliphatic heterocycles. The fourth-order valence-electron chi connectivity index (χ4n) is 4.81. The lowest BCUT2D eigenvalue weighted by molar-refractivity contribution is 0.461. The molecular formula is C27H30N10O4S2. The Kier molecular flexibility index (Phi) is 7.63. The van der Waals surface area contributed by atoms with Gasteiger partial charge in [-0.05, 0) is 38.7 Å². The first-order valence-corrected chi connectivity index (χ1v) is 17.1. The first-order chi connectivity index (χ1) is 20.5. The SMILES string of the molecule is Cc1n[nH]cc1C#Cc1cnc(Nc2ccnc(-c3cnn(S(=O)(=O)C4CC4)c3)n2)cc1N1CCC(NS(C)(=O)=O)CC1. The van der Waals surface area contributed by atoms with Gasteiger partial charge in [0.2, 0.25) is 10.0 Å². The van der Waals surface area contributed by atoms with Crippen LogP contribution in [0.15, 0.2) is 43.1 Å². The zero-order valence-corrected chi connectivity index (χ0v) is 25.2. The molecule has 0 amide bonds. The molecule has 6 rings (SSSR count). The van der Waals surface area contributed by atoms with Gasteiger partial charge in [0.25, 0.3) is 10.0 Å². The highest BCUT2D eigenvalue weighted by Crippen LogP contribution is 2.31. The topological polar surface area (TPSA) is 181 Å². The van der Waals surface area contributed by atoms with Gasteiger partial charge in [-0.1, -0.05) is 11.8 Å². The van der Waals surface area contributed by atoms with Crippen molar-refractivity contribution in [1.29, 1.82) is 0 Å². The molecule has 3 N–H and O–H groups in total. The molecular weight excluding hydrogens is 592 g/mol. The van der Waals surface area contributed by atoms with Crippen LogP contribution in [0.2, 0.25) is 0 Å². The maximum absolute atomic E-state index is 12.5. The van der Waals surface area contributed by atoms with Crippen molar-refractivity contribution in [3.63, 3.8) is 0 Å². The number of nitrogens with one attached hydrogen (secondary N) is 3. The second kappa shape index (κ2) is 11.4. The van der Waals surface area contributed by atoms with Crippen LogP contribution >= 0.6 is 0 Å². The first kappa shape index (κ1) is 28.8. The third kappa shape index (κ3) is 6.69. The molecule has 0 atom stereocenters. The van der Waals surface area contributed by atoms with E-state index in [1.807, 2.05) is 13.0 Å². The van der Waals surface area contributed by atoms with Crippen LogP contribution in [0.25, 0.3) is 11.4 Å². The second-order valence-electron chi connectivity index (χ2n) is 10.6. The van der Waals surface area contributed by atoms with E-state index in [0.717, 1.165) is 21.0 Å². The molecule has 1 saturated heterocycles. The Labute approximate surface area is 249 Å². The summed E-state index contributed by atoms with van der Waals surface area (Å²) in [6.45, 7) is 3.13. The molecule has 2 aliphatic rings. The molecule has 224 valence electrons. The summed E-state index contributed by atoms with van der Waals surface area (Å²) in [4.78, 5) is 15.6. The largest absolute Gasteiger partial charge is 0.370 e. The normalized spacial score (nSPS) is 16.1. The van der Waals surface area contributed by atoms with E-state index in [0.29, 0.717) is 67.4 Å². The standard InChI is InChI=1S/C27H30N10O4S2/c1-18-19(15-30-34-18)3-4-20-14-29-26(13-24(20)36-11-8-22(9-12-36)35-42(2,38)39)32-25-7-10-28-27(33-25)21-16-31-37(17-21)43(40,41)23-5-6-23/h7,10,13-17,22-23,35H,5-6,8-9,11-12H2,1-2H3,(H,30,34)(H,28,29,32,33). The van der Waals surface area contributed by atoms with E-state index in [-0.39, 0.29) is 11.3 Å². The number of nitrogens with zero attached hydrogens (tertiary/aromatic N) is 7. The van der Waals surface area contributed by atoms with Crippen molar-refractivity contribution in [2.75, 3.05) is 29.6 Å². The van der Waals surface area contributed by atoms with Gasteiger partial charge in [-0.15, -0.1) is 0 Å². The number of hydrogen-bond donors (Lipinski definition) is 3. The highest BCUT2D eigenvalue weighted by Gasteiger charge is 2.37. The monoisotopic (exact) mass is 622 g/mol. The first-order valence-electron chi connectivity index (χ1n) is 13.7. The molecule has 14 nitrogen and oxygen atoms in total. The average molecular weight is 623 g/mol. The summed E-state index contributed by atoms with van der Waals surface area (Å²) in [6.07, 6.45) is 11.6. The van der Waals surface area contributed by atoms with Gasteiger partial charge in [-0.3, -0.25) is 5.10 Å². The van der Waals surface area contributed by atoms with E-state index < -0.39 is 20.0 Å². The van der Waals surface area contributed by atoms with Crippen molar-refractivity contribution in [2.45, 2.75) is 43.9 Å². The van der Waals surface area contributed by atoms with Crippen molar-refractivity contribution >= 4 is 37.4 Å². The quantitative estimate of drug-likeness (QED) is 0.244. The summed E-state index contributed by atoms with van der Waals surface area (Å²) in [5, 5.41) is 13.8. The summed E-state index contributed by atoms with van der Waals surface area (Å²) in [5.74, 6) is 7.67. The lowest BCUT2D eigenvalue weighted by Crippen LogP contribution is -2.44. The third-order valence-electron chi connectivity index (χ3n) is 7.20. The van der Waals surface area contributed by atoms with Crippen molar-refractivity contribution in [3.05, 3.63) is 59.9 Å². The zero-order chi connectivity index (χ0) is 30.2. The number of hydrogen-bond acceptors (Lipinski definition) is 11. The Bertz CT molecular complexity index is 1930. The van der Waals surface area contributed by atoms with Crippen LogP contribution in [0.4, 0.5) is 17.3 Å². The van der Waals surface area contributed by atoms with Gasteiger partial charge in [0.05, 0.1) is 52.0 Å². The lowest BCUT2D eigenvalue weighted by atomic mass is 10.0. The molecule has 0 spiro atoms. The van der Waals surface area contributed by atoms with Gasteiger partial charge in [0, 0.05) is 43.8 Å². The molecule has 43 heavy (non-hydrogen) atoms. The van der Waals surface area contributed by atoms with Crippen molar-refractivity contribution in [3.8, 4) is 23.2 Å². The van der Waals surface area contributed by atoms with Crippen molar-refractivity contribution < 1.29 is 16.8 Å². The fraction of sp³-hybridized carbons (Fsp3) is 0.370. The van der Waals surface area contributed by atoms with E-state index in [9.17, 15) is 16.8 Å². The van der Waals surface area contributed by atoms with Crippen LogP contribution in [-0.4, -0.2) is 81.8 Å². The molecule has 1 aliphatic carbocycles. The Morgan fingerprint density at radius 3 is 2.47 bits per heavy atom. The Morgan fingerprint density at radius 1 is 1.00 bits per heavy atom. The minimum atomic E-state index is -3.50. The lowest BCUT2D eigenvalue weighted by Gasteiger charge is -2.34. The van der Waals surface area contributed by atoms with Gasteiger partial charge in [0.1, 0.15) is 11.6 Å². The minimum absolute atomic E-state index is 0.128. The van der Waals surface area contributed by atoms with E-state index in [1.165, 1.54) is 18.6 Å². The van der Waals surface area contributed by atoms with Crippen LogP contribution < -0.4 is 14.9 Å². The molecule has 0 aromatic carbocycles. The van der Waals surface area contributed by atoms with Gasteiger partial charge >= 0.3 is 0 Å². The third-order valence-corrected chi connectivity index (χ3v) is 9.99. The predicted octanol–water partition coefficient (Wildman–Crippen LogP) is 1.77. The Hall–Kier alpha value is -4.33. The molecule has 16 heteroatoms. The van der Waals surface area contributed by atoms with Crippen LogP contribution in [0.1, 0.15) is 42.5 Å². The number of H-pyrrole nitrogens is 1. The number of aromatic amines is 1. The van der Waals surface area contributed by atoms with E-state index in [4.69, 9.17) is 0 Å². The number of aromatic nitrogens is 7. The number of rotatable bonds is 8. The van der Waals surface area contributed by atoms with Crippen LogP contribution in [0.3, 0.4) is 0 Å². The van der Waals surface area contributed by atoms with Gasteiger partial charge in [0.15, 0.2) is 5.82 Å². The maximum Gasteiger partial charge on any atom is 0.256 e. The highest BCUT2D eigenvalue weighted by atomic mass is 32.2. The molecule has 2 fully saturated rings. The molecule has 4 aromatic heterocycles. The number of pyridine rings is 1. The van der Waals surface area contributed by atoms with E-state index >= 15 is 0 Å². The van der Waals surface area contributed by atoms with E-state index in [2.05, 4.69) is 57.0 Å². The minimum Gasteiger partial charge on any atom is -0.370 e. The van der Waals surface area contributed by atoms with Crippen LogP contribution in [0.5, 0.6) is 0 Å². The average Bonchev–Trinajstić information content (AvgIpc) is 3.58. The number of piperidine rings is 1. The smallest absolute Gasteiger partial charge is 0.256 e. The Morgan fingerprint density at radius 2 is 1.77 bits per heavy atom. The van der Waals surface area contributed by atoms with Crippen molar-refractivity contribution in [1.82, 2.24) is 39.1 Å². The summed E-state index contributed by atoms with van der Waals surface area (Å²) in [7, 11) is -6.79. The van der Waals surface area contributed by atoms with E-state index in [1.54, 1.807) is 24.7 Å². The van der Waals surface area contributed by atoms with Crippen molar-refractivity contribution in [2.24, 2.45) is 0 Å². The van der Waals surface area contributed by atoms with Gasteiger partial charge in [-0.25, -0.2) is 36.5 Å². The van der Waals surface area contributed by atoms with Crippen LogP contribution in [-0.2, 0) is 20.0 Å². The van der Waals surface area contributed by atoms with Gasteiger partial charge in [-0.2, -0.15) is 14.3 Å². The molecule has 0 bridgehead atoms. The van der Waals surface area contributed by atoms with Crippen LogP contribution in [0, 0.1) is 18.8 Å². The molecule has 0 radical (unpaired) electrons. The summed E-state index contributed by atoms with van der Waals surface area (Å²) in [5.41, 5.74) is 3.62. The number of aryl methyl sites for hydroxylation is 1. The van der Waals surface area contributed by atoms with Gasteiger partial charge < -0.3 is 10.2 Å². The number of anilines is 3. The summed E-state index contributed by atoms with van der Waals surface area (Å²) < 4.78 is 52.2. The predicted molar refractivity (Wildman–Crippen MR) is 161 cm³/mol. The summed E-state index contributed by atoms with van der Waals surface area (Å²) in [6, 6.07) is 3.45. The highest BCUT2D eigenvalue weighted by molar-refractivity contribution is 7.90. The zero-order valence-electron chi connectivity index (χ0n) is 23.5. The number of sulfonamides is 1. The molecule has 1 saturated carbocycles. The maximum atomic E-state index is 12.5. The Balaban J connectivity index is 1.25. The molecule has 5 heterocycles. The summed E-state index contributed by atoms with van der Waals surface area (Å²) >= 11 is 0. The second-order valence-corrected chi connectivity index (χ2v) is 14.5. The fourth-order valence-corrected chi connectivity index (χ4v) is 7.13. The molecule has 4 aromatic rings. The molecule has 0 unspecified atom stereocenters.